The Morgan fingerprint density at radius 2 is 1.29 bits per heavy atom. The summed E-state index contributed by atoms with van der Waals surface area (Å²) in [5, 5.41) is 17.4. The van der Waals surface area contributed by atoms with Crippen molar-refractivity contribution in [3.63, 3.8) is 0 Å². The second-order valence-electron chi connectivity index (χ2n) is 7.25. The lowest BCUT2D eigenvalue weighted by atomic mass is 10.1. The average Bonchev–Trinajstić information content (AvgIpc) is 2.64. The number of ether oxygens (including phenoxy) is 1. The predicted molar refractivity (Wildman–Crippen MR) is 109 cm³/mol. The van der Waals surface area contributed by atoms with Gasteiger partial charge in [-0.3, -0.25) is 9.59 Å². The fourth-order valence-corrected chi connectivity index (χ4v) is 2.90. The Balaban J connectivity index is 3.51. The molecule has 0 heterocycles. The molecule has 0 radical (unpaired) electrons. The zero-order valence-electron chi connectivity index (χ0n) is 17.4. The topological polar surface area (TPSA) is 101 Å². The molecular formula is C22H38O6. The largest absolute Gasteiger partial charge is 0.481 e. The van der Waals surface area contributed by atoms with E-state index in [1.807, 2.05) is 0 Å². The minimum absolute atomic E-state index is 0.127. The molecule has 0 aromatic rings. The second-order valence-corrected chi connectivity index (χ2v) is 7.25. The van der Waals surface area contributed by atoms with Crippen molar-refractivity contribution < 1.29 is 29.3 Å². The van der Waals surface area contributed by atoms with Crippen LogP contribution in [0.25, 0.3) is 0 Å². The first kappa shape index (κ1) is 26.1. The molecule has 1 atom stereocenters. The van der Waals surface area contributed by atoms with Crippen molar-refractivity contribution in [2.75, 3.05) is 0 Å². The van der Waals surface area contributed by atoms with Crippen molar-refractivity contribution in [2.45, 2.75) is 109 Å². The lowest BCUT2D eigenvalue weighted by Crippen LogP contribution is -2.29. The van der Waals surface area contributed by atoms with Crippen molar-refractivity contribution in [2.24, 2.45) is 0 Å². The summed E-state index contributed by atoms with van der Waals surface area (Å²) in [6, 6.07) is 0. The minimum atomic E-state index is -1.60. The van der Waals surface area contributed by atoms with Crippen molar-refractivity contribution in [1.82, 2.24) is 0 Å². The summed E-state index contributed by atoms with van der Waals surface area (Å²) in [4.78, 5) is 33.0. The summed E-state index contributed by atoms with van der Waals surface area (Å²) in [6.45, 7) is 2.23. The molecule has 6 nitrogen and oxygen atoms in total. The lowest BCUT2D eigenvalue weighted by molar-refractivity contribution is -0.167. The third kappa shape index (κ3) is 17.6. The van der Waals surface area contributed by atoms with Crippen LogP contribution in [0.15, 0.2) is 12.2 Å². The van der Waals surface area contributed by atoms with Crippen LogP contribution in [0.3, 0.4) is 0 Å². The van der Waals surface area contributed by atoms with Crippen molar-refractivity contribution in [1.29, 1.82) is 0 Å². The number of unbranched alkanes of at least 4 members (excludes halogenated alkanes) is 11. The zero-order chi connectivity index (χ0) is 21.0. The van der Waals surface area contributed by atoms with Crippen LogP contribution in [0.5, 0.6) is 0 Å². The van der Waals surface area contributed by atoms with Gasteiger partial charge >= 0.3 is 17.9 Å². The van der Waals surface area contributed by atoms with Crippen LogP contribution in [0, 0.1) is 0 Å². The van der Waals surface area contributed by atoms with E-state index in [4.69, 9.17) is 14.9 Å². The van der Waals surface area contributed by atoms with Crippen LogP contribution in [0.2, 0.25) is 0 Å². The van der Waals surface area contributed by atoms with E-state index < -0.39 is 30.4 Å². The molecule has 0 aromatic carbocycles. The summed E-state index contributed by atoms with van der Waals surface area (Å²) in [6.07, 6.45) is 17.4. The van der Waals surface area contributed by atoms with E-state index in [0.717, 1.165) is 32.1 Å². The summed E-state index contributed by atoms with van der Waals surface area (Å²) < 4.78 is 4.71. The zero-order valence-corrected chi connectivity index (χ0v) is 17.4. The fraction of sp³-hybridized carbons (Fsp3) is 0.773. The van der Waals surface area contributed by atoms with Gasteiger partial charge in [0.1, 0.15) is 0 Å². The SMILES string of the molecule is CCCCCCCC/C=C\CCCCCCCC(=O)OC(CC(=O)O)C(=O)O. The highest BCUT2D eigenvalue weighted by atomic mass is 16.6. The van der Waals surface area contributed by atoms with Gasteiger partial charge in [-0.1, -0.05) is 70.4 Å². The van der Waals surface area contributed by atoms with Crippen LogP contribution in [0.4, 0.5) is 0 Å². The maximum absolute atomic E-state index is 11.6. The van der Waals surface area contributed by atoms with E-state index in [9.17, 15) is 14.4 Å². The Labute approximate surface area is 169 Å². The number of hydrogen-bond donors (Lipinski definition) is 2. The number of esters is 1. The number of allylic oxidation sites excluding steroid dienone is 2. The third-order valence-corrected chi connectivity index (χ3v) is 4.55. The first-order valence-corrected chi connectivity index (χ1v) is 10.8. The van der Waals surface area contributed by atoms with E-state index in [1.165, 1.54) is 44.9 Å². The molecule has 0 rings (SSSR count). The maximum atomic E-state index is 11.6. The Morgan fingerprint density at radius 1 is 0.786 bits per heavy atom. The van der Waals surface area contributed by atoms with Gasteiger partial charge in [0.15, 0.2) is 0 Å². The molecule has 0 aromatic heterocycles. The molecule has 0 spiro atoms. The van der Waals surface area contributed by atoms with Gasteiger partial charge in [-0.2, -0.15) is 0 Å². The fourth-order valence-electron chi connectivity index (χ4n) is 2.90. The van der Waals surface area contributed by atoms with Gasteiger partial charge in [0.2, 0.25) is 6.10 Å². The van der Waals surface area contributed by atoms with E-state index in [2.05, 4.69) is 19.1 Å². The monoisotopic (exact) mass is 398 g/mol. The summed E-state index contributed by atoms with van der Waals surface area (Å²) in [5.74, 6) is -3.38. The Bertz CT molecular complexity index is 458. The van der Waals surface area contributed by atoms with Gasteiger partial charge in [0, 0.05) is 6.42 Å². The molecule has 6 heteroatoms. The Kier molecular flexibility index (Phi) is 17.3. The first-order chi connectivity index (χ1) is 13.5. The first-order valence-electron chi connectivity index (χ1n) is 10.8. The van der Waals surface area contributed by atoms with Crippen molar-refractivity contribution in [3.05, 3.63) is 12.2 Å². The van der Waals surface area contributed by atoms with Gasteiger partial charge in [-0.15, -0.1) is 0 Å². The lowest BCUT2D eigenvalue weighted by Gasteiger charge is -2.11. The third-order valence-electron chi connectivity index (χ3n) is 4.55. The summed E-state index contributed by atoms with van der Waals surface area (Å²) in [5.41, 5.74) is 0. The number of carboxylic acids is 2. The summed E-state index contributed by atoms with van der Waals surface area (Å²) >= 11 is 0. The highest BCUT2D eigenvalue weighted by Crippen LogP contribution is 2.11. The number of aliphatic carboxylic acids is 2. The van der Waals surface area contributed by atoms with Gasteiger partial charge in [0.25, 0.3) is 0 Å². The van der Waals surface area contributed by atoms with E-state index in [-0.39, 0.29) is 6.42 Å². The molecule has 0 saturated heterocycles. The standard InChI is InChI=1S/C22H38O6/c1-2-3-4-5-6-7-8-9-10-11-12-13-14-15-16-17-21(25)28-19(22(26)27)18-20(23)24/h9-10,19H,2-8,11-18H2,1H3,(H,23,24)(H,26,27)/b10-9-. The van der Waals surface area contributed by atoms with Crippen LogP contribution >= 0.6 is 0 Å². The van der Waals surface area contributed by atoms with Crippen LogP contribution < -0.4 is 0 Å². The molecule has 2 N–H and O–H groups in total. The quantitative estimate of drug-likeness (QED) is 0.169. The predicted octanol–water partition coefficient (Wildman–Crippen LogP) is 5.50. The molecular weight excluding hydrogens is 360 g/mol. The molecule has 1 unspecified atom stereocenters. The number of carboxylic acid groups (broad SMARTS) is 2. The molecule has 0 saturated carbocycles. The normalized spacial score (nSPS) is 12.2. The molecule has 0 bridgehead atoms. The van der Waals surface area contributed by atoms with Gasteiger partial charge in [0.05, 0.1) is 6.42 Å². The number of carbonyl (C=O) groups excluding carboxylic acids is 1. The molecule has 0 aliphatic rings. The van der Waals surface area contributed by atoms with E-state index in [1.54, 1.807) is 0 Å². The Hall–Kier alpha value is -1.85. The van der Waals surface area contributed by atoms with E-state index >= 15 is 0 Å². The molecule has 0 aliphatic heterocycles. The highest BCUT2D eigenvalue weighted by molar-refractivity contribution is 5.82. The number of carbonyl (C=O) groups is 3. The van der Waals surface area contributed by atoms with E-state index in [0.29, 0.717) is 6.42 Å². The van der Waals surface area contributed by atoms with Gasteiger partial charge in [-0.25, -0.2) is 4.79 Å². The van der Waals surface area contributed by atoms with Crippen LogP contribution in [-0.4, -0.2) is 34.2 Å². The molecule has 0 fully saturated rings. The van der Waals surface area contributed by atoms with Gasteiger partial charge in [-0.05, 0) is 32.1 Å². The molecule has 0 aliphatic carbocycles. The maximum Gasteiger partial charge on any atom is 0.345 e. The van der Waals surface area contributed by atoms with Crippen LogP contribution in [0.1, 0.15) is 103 Å². The number of rotatable bonds is 19. The average molecular weight is 399 g/mol. The highest BCUT2D eigenvalue weighted by Gasteiger charge is 2.24. The van der Waals surface area contributed by atoms with Crippen LogP contribution in [-0.2, 0) is 19.1 Å². The summed E-state index contributed by atoms with van der Waals surface area (Å²) in [7, 11) is 0. The Morgan fingerprint density at radius 3 is 1.79 bits per heavy atom. The van der Waals surface area contributed by atoms with Crippen molar-refractivity contribution >= 4 is 17.9 Å². The molecule has 162 valence electrons. The van der Waals surface area contributed by atoms with Crippen molar-refractivity contribution in [3.8, 4) is 0 Å². The molecule has 28 heavy (non-hydrogen) atoms. The second kappa shape index (κ2) is 18.5. The number of hydrogen-bond acceptors (Lipinski definition) is 4. The minimum Gasteiger partial charge on any atom is -0.481 e. The molecule has 0 amide bonds. The smallest absolute Gasteiger partial charge is 0.345 e. The van der Waals surface area contributed by atoms with Gasteiger partial charge < -0.3 is 14.9 Å².